The highest BCUT2D eigenvalue weighted by molar-refractivity contribution is 7.09. The van der Waals surface area contributed by atoms with Gasteiger partial charge in [-0.15, -0.1) is 11.3 Å². The maximum absolute atomic E-state index is 4.06. The summed E-state index contributed by atoms with van der Waals surface area (Å²) in [5.41, 5.74) is 1.88. The first-order chi connectivity index (χ1) is 7.27. The van der Waals surface area contributed by atoms with E-state index in [1.807, 2.05) is 11.7 Å². The highest BCUT2D eigenvalue weighted by Crippen LogP contribution is 2.04. The van der Waals surface area contributed by atoms with E-state index in [-0.39, 0.29) is 0 Å². The van der Waals surface area contributed by atoms with Crippen LogP contribution in [-0.4, -0.2) is 35.6 Å². The smallest absolute Gasteiger partial charge is 0.0794 e. The monoisotopic (exact) mass is 227 g/mol. The number of aromatic nitrogens is 1. The Morgan fingerprint density at radius 1 is 1.47 bits per heavy atom. The van der Waals surface area contributed by atoms with Crippen LogP contribution < -0.4 is 5.32 Å². The maximum Gasteiger partial charge on any atom is 0.0794 e. The van der Waals surface area contributed by atoms with Crippen molar-refractivity contribution < 1.29 is 0 Å². The minimum Gasteiger partial charge on any atom is -0.310 e. The second-order valence-corrected chi connectivity index (χ2v) is 4.64. The molecule has 4 heteroatoms. The van der Waals surface area contributed by atoms with Gasteiger partial charge in [0.15, 0.2) is 0 Å². The molecule has 0 saturated carbocycles. The zero-order valence-electron chi connectivity index (χ0n) is 9.86. The summed E-state index contributed by atoms with van der Waals surface area (Å²) in [6, 6.07) is 0.605. The number of hydrogen-bond acceptors (Lipinski definition) is 4. The van der Waals surface area contributed by atoms with Crippen molar-refractivity contribution in [3.05, 3.63) is 16.6 Å². The third-order valence-electron chi connectivity index (χ3n) is 2.66. The summed E-state index contributed by atoms with van der Waals surface area (Å²) in [6.07, 6.45) is 1.93. The first-order valence-electron chi connectivity index (χ1n) is 5.60. The summed E-state index contributed by atoms with van der Waals surface area (Å²) in [5, 5.41) is 3.47. The molecule has 3 nitrogen and oxygen atoms in total. The normalized spacial score (nSPS) is 13.3. The van der Waals surface area contributed by atoms with Crippen LogP contribution in [0.2, 0.25) is 0 Å². The molecule has 86 valence electrons. The van der Waals surface area contributed by atoms with Crippen molar-refractivity contribution in [2.75, 3.05) is 19.6 Å². The maximum atomic E-state index is 4.06. The molecule has 1 N–H and O–H groups in total. The van der Waals surface area contributed by atoms with Gasteiger partial charge in [0.25, 0.3) is 0 Å². The molecule has 0 aliphatic rings. The van der Waals surface area contributed by atoms with E-state index in [1.54, 1.807) is 11.3 Å². The van der Waals surface area contributed by atoms with Crippen LogP contribution in [0.3, 0.4) is 0 Å². The fourth-order valence-corrected chi connectivity index (χ4v) is 2.27. The van der Waals surface area contributed by atoms with Crippen molar-refractivity contribution >= 4 is 11.3 Å². The number of nitrogens with zero attached hydrogens (tertiary/aromatic N) is 2. The first kappa shape index (κ1) is 12.6. The summed E-state index contributed by atoms with van der Waals surface area (Å²) < 4.78 is 0. The molecule has 0 aromatic carbocycles. The molecule has 0 radical (unpaired) electrons. The van der Waals surface area contributed by atoms with E-state index in [0.29, 0.717) is 6.04 Å². The molecule has 1 aromatic heterocycles. The van der Waals surface area contributed by atoms with E-state index in [9.17, 15) is 0 Å². The second-order valence-electron chi connectivity index (χ2n) is 3.67. The van der Waals surface area contributed by atoms with Gasteiger partial charge in [0, 0.05) is 30.2 Å². The summed E-state index contributed by atoms with van der Waals surface area (Å²) in [6.45, 7) is 10.9. The lowest BCUT2D eigenvalue weighted by atomic mass is 10.2. The van der Waals surface area contributed by atoms with Crippen LogP contribution in [0.25, 0.3) is 0 Å². The molecule has 0 bridgehead atoms. The number of rotatable bonds is 7. The van der Waals surface area contributed by atoms with Crippen molar-refractivity contribution in [2.24, 2.45) is 0 Å². The molecule has 1 atom stereocenters. The van der Waals surface area contributed by atoms with Crippen LogP contribution in [0.15, 0.2) is 11.7 Å². The molecule has 1 aromatic rings. The van der Waals surface area contributed by atoms with Gasteiger partial charge in [0.2, 0.25) is 0 Å². The number of thiazole rings is 1. The Kier molecular flexibility index (Phi) is 5.83. The Morgan fingerprint density at radius 2 is 2.20 bits per heavy atom. The summed E-state index contributed by atoms with van der Waals surface area (Å²) in [4.78, 5) is 7.82. The van der Waals surface area contributed by atoms with Gasteiger partial charge in [-0.25, -0.2) is 0 Å². The van der Waals surface area contributed by atoms with Gasteiger partial charge in [0.05, 0.1) is 5.51 Å². The van der Waals surface area contributed by atoms with Crippen LogP contribution in [0, 0.1) is 0 Å². The molecule has 1 unspecified atom stereocenters. The lowest BCUT2D eigenvalue weighted by Gasteiger charge is -2.26. The molecule has 0 aliphatic heterocycles. The van der Waals surface area contributed by atoms with Gasteiger partial charge in [-0.05, 0) is 20.0 Å². The Labute approximate surface area is 96.5 Å². The minimum absolute atomic E-state index is 0.605. The van der Waals surface area contributed by atoms with Crippen LogP contribution in [0.5, 0.6) is 0 Å². The third-order valence-corrected chi connectivity index (χ3v) is 3.44. The molecular formula is C11H21N3S. The fourth-order valence-electron chi connectivity index (χ4n) is 1.71. The zero-order chi connectivity index (χ0) is 11.1. The predicted molar refractivity (Wildman–Crippen MR) is 66.2 cm³/mol. The van der Waals surface area contributed by atoms with Crippen LogP contribution in [-0.2, 0) is 6.54 Å². The first-order valence-corrected chi connectivity index (χ1v) is 6.48. The Hall–Kier alpha value is -0.450. The van der Waals surface area contributed by atoms with Crippen molar-refractivity contribution in [1.82, 2.24) is 15.2 Å². The molecule has 0 amide bonds. The zero-order valence-corrected chi connectivity index (χ0v) is 10.7. The van der Waals surface area contributed by atoms with E-state index in [4.69, 9.17) is 0 Å². The summed E-state index contributed by atoms with van der Waals surface area (Å²) >= 11 is 1.71. The lowest BCUT2D eigenvalue weighted by Crippen LogP contribution is -2.39. The minimum atomic E-state index is 0.605. The molecule has 1 rings (SSSR count). The van der Waals surface area contributed by atoms with Crippen LogP contribution in [0.4, 0.5) is 0 Å². The SMILES string of the molecule is CCN(CC)C(C)CNCc1cncs1. The molecular weight excluding hydrogens is 206 g/mol. The molecule has 0 aliphatic carbocycles. The standard InChI is InChI=1S/C11H21N3S/c1-4-14(5-2)10(3)6-12-7-11-8-13-9-15-11/h8-10,12H,4-7H2,1-3H3. The summed E-state index contributed by atoms with van der Waals surface area (Å²) in [5.74, 6) is 0. The molecule has 0 saturated heterocycles. The van der Waals surface area contributed by atoms with E-state index in [1.165, 1.54) is 4.88 Å². The second kappa shape index (κ2) is 6.93. The molecule has 0 spiro atoms. The quantitative estimate of drug-likeness (QED) is 0.772. The number of likely N-dealkylation sites (N-methyl/N-ethyl adjacent to an activating group) is 1. The Balaban J connectivity index is 2.19. The topological polar surface area (TPSA) is 28.2 Å². The van der Waals surface area contributed by atoms with Crippen molar-refractivity contribution in [3.63, 3.8) is 0 Å². The van der Waals surface area contributed by atoms with Crippen LogP contribution in [0.1, 0.15) is 25.6 Å². The fraction of sp³-hybridized carbons (Fsp3) is 0.727. The van der Waals surface area contributed by atoms with Crippen molar-refractivity contribution in [1.29, 1.82) is 0 Å². The van der Waals surface area contributed by atoms with E-state index >= 15 is 0 Å². The number of nitrogens with one attached hydrogen (secondary N) is 1. The Morgan fingerprint density at radius 3 is 2.73 bits per heavy atom. The van der Waals surface area contributed by atoms with Gasteiger partial charge in [-0.2, -0.15) is 0 Å². The van der Waals surface area contributed by atoms with Gasteiger partial charge < -0.3 is 5.32 Å². The van der Waals surface area contributed by atoms with Crippen molar-refractivity contribution in [2.45, 2.75) is 33.4 Å². The average Bonchev–Trinajstić information content (AvgIpc) is 2.72. The molecule has 1 heterocycles. The van der Waals surface area contributed by atoms with E-state index in [0.717, 1.165) is 26.2 Å². The largest absolute Gasteiger partial charge is 0.310 e. The summed E-state index contributed by atoms with van der Waals surface area (Å²) in [7, 11) is 0. The highest BCUT2D eigenvalue weighted by Gasteiger charge is 2.08. The van der Waals surface area contributed by atoms with Gasteiger partial charge in [-0.1, -0.05) is 13.8 Å². The molecule has 0 fully saturated rings. The van der Waals surface area contributed by atoms with E-state index < -0.39 is 0 Å². The van der Waals surface area contributed by atoms with Crippen LogP contribution >= 0.6 is 11.3 Å². The average molecular weight is 227 g/mol. The lowest BCUT2D eigenvalue weighted by molar-refractivity contribution is 0.226. The van der Waals surface area contributed by atoms with E-state index in [2.05, 4.69) is 36.0 Å². The predicted octanol–water partition coefficient (Wildman–Crippen LogP) is 1.96. The number of hydrogen-bond donors (Lipinski definition) is 1. The van der Waals surface area contributed by atoms with Gasteiger partial charge in [0.1, 0.15) is 0 Å². The van der Waals surface area contributed by atoms with Crippen molar-refractivity contribution in [3.8, 4) is 0 Å². The Bertz CT molecular complexity index is 244. The third kappa shape index (κ3) is 4.28. The van der Waals surface area contributed by atoms with Gasteiger partial charge >= 0.3 is 0 Å². The highest BCUT2D eigenvalue weighted by atomic mass is 32.1. The van der Waals surface area contributed by atoms with Gasteiger partial charge in [-0.3, -0.25) is 9.88 Å². The molecule has 15 heavy (non-hydrogen) atoms.